The average molecular weight is 337 g/mol. The third kappa shape index (κ3) is 4.18. The van der Waals surface area contributed by atoms with Gasteiger partial charge in [0.25, 0.3) is 0 Å². The van der Waals surface area contributed by atoms with Crippen LogP contribution in [0, 0.1) is 6.92 Å². The molecule has 3 nitrogen and oxygen atoms in total. The van der Waals surface area contributed by atoms with Crippen LogP contribution in [0.4, 0.5) is 0 Å². The molecule has 1 heterocycles. The Morgan fingerprint density at radius 3 is 2.70 bits per heavy atom. The summed E-state index contributed by atoms with van der Waals surface area (Å²) in [5.41, 5.74) is 2.39. The molecule has 2 rings (SSSR count). The smallest absolute Gasteiger partial charge is 0.196 e. The second kappa shape index (κ2) is 6.10. The minimum absolute atomic E-state index is 0.123. The van der Waals surface area contributed by atoms with Crippen molar-refractivity contribution in [3.05, 3.63) is 40.3 Å². The van der Waals surface area contributed by atoms with E-state index in [-0.39, 0.29) is 5.54 Å². The van der Waals surface area contributed by atoms with Crippen LogP contribution in [0.25, 0.3) is 11.3 Å². The van der Waals surface area contributed by atoms with E-state index in [4.69, 9.17) is 4.42 Å². The lowest BCUT2D eigenvalue weighted by molar-refractivity contribution is 0.412. The number of nitrogens with one attached hydrogen (secondary N) is 1. The topological polar surface area (TPSA) is 38.1 Å². The predicted octanol–water partition coefficient (Wildman–Crippen LogP) is 4.34. The summed E-state index contributed by atoms with van der Waals surface area (Å²) in [5.74, 6) is 1.61. The van der Waals surface area contributed by atoms with Crippen LogP contribution in [0.1, 0.15) is 32.2 Å². The Morgan fingerprint density at radius 2 is 2.05 bits per heavy atom. The molecule has 0 saturated heterocycles. The van der Waals surface area contributed by atoms with Gasteiger partial charge in [-0.1, -0.05) is 15.9 Å². The third-order valence-electron chi connectivity index (χ3n) is 3.00. The molecule has 0 aliphatic rings. The molecule has 0 aliphatic carbocycles. The maximum atomic E-state index is 5.84. The Balaban J connectivity index is 2.05. The summed E-state index contributed by atoms with van der Waals surface area (Å²) in [6.45, 7) is 9.39. The number of rotatable bonds is 4. The average Bonchev–Trinajstić information content (AvgIpc) is 2.75. The first-order chi connectivity index (χ1) is 9.35. The first kappa shape index (κ1) is 15.3. The first-order valence-electron chi connectivity index (χ1n) is 6.81. The normalized spacial score (nSPS) is 11.8. The van der Waals surface area contributed by atoms with Gasteiger partial charge >= 0.3 is 0 Å². The van der Waals surface area contributed by atoms with Gasteiger partial charge in [-0.25, -0.2) is 4.98 Å². The van der Waals surface area contributed by atoms with Crippen LogP contribution in [0.5, 0.6) is 0 Å². The Hall–Kier alpha value is -1.13. The third-order valence-corrected chi connectivity index (χ3v) is 3.49. The number of halogens is 1. The highest BCUT2D eigenvalue weighted by Gasteiger charge is 2.11. The van der Waals surface area contributed by atoms with Gasteiger partial charge in [0.1, 0.15) is 0 Å². The zero-order chi connectivity index (χ0) is 14.8. The van der Waals surface area contributed by atoms with Crippen molar-refractivity contribution in [3.63, 3.8) is 0 Å². The summed E-state index contributed by atoms with van der Waals surface area (Å²) < 4.78 is 6.92. The molecule has 4 heteroatoms. The minimum atomic E-state index is 0.123. The van der Waals surface area contributed by atoms with Crippen LogP contribution in [0.2, 0.25) is 0 Å². The van der Waals surface area contributed by atoms with Gasteiger partial charge in [0, 0.05) is 28.5 Å². The first-order valence-corrected chi connectivity index (χ1v) is 7.61. The van der Waals surface area contributed by atoms with Gasteiger partial charge in [-0.15, -0.1) is 0 Å². The maximum Gasteiger partial charge on any atom is 0.196 e. The molecule has 2 aromatic rings. The van der Waals surface area contributed by atoms with Gasteiger partial charge in [0.2, 0.25) is 0 Å². The zero-order valence-corrected chi connectivity index (χ0v) is 14.0. The van der Waals surface area contributed by atoms with Crippen molar-refractivity contribution >= 4 is 15.9 Å². The lowest BCUT2D eigenvalue weighted by Crippen LogP contribution is -2.37. The second-order valence-electron chi connectivity index (χ2n) is 6.00. The molecule has 1 aromatic carbocycles. The molecule has 0 unspecified atom stereocenters. The van der Waals surface area contributed by atoms with Crippen molar-refractivity contribution in [2.75, 3.05) is 6.54 Å². The van der Waals surface area contributed by atoms with E-state index in [0.717, 1.165) is 34.7 Å². The summed E-state index contributed by atoms with van der Waals surface area (Å²) in [5, 5.41) is 3.43. The Labute approximate surface area is 128 Å². The Bertz CT molecular complexity index is 584. The number of hydrogen-bond donors (Lipinski definition) is 1. The van der Waals surface area contributed by atoms with Crippen molar-refractivity contribution in [3.8, 4) is 11.3 Å². The van der Waals surface area contributed by atoms with Crippen LogP contribution in [-0.4, -0.2) is 17.1 Å². The van der Waals surface area contributed by atoms with E-state index in [1.54, 1.807) is 0 Å². The summed E-state index contributed by atoms with van der Waals surface area (Å²) >= 11 is 3.47. The van der Waals surface area contributed by atoms with Crippen molar-refractivity contribution in [1.82, 2.24) is 10.3 Å². The molecule has 0 amide bonds. The lowest BCUT2D eigenvalue weighted by Gasteiger charge is -2.19. The van der Waals surface area contributed by atoms with Crippen LogP contribution >= 0.6 is 15.9 Å². The van der Waals surface area contributed by atoms with Crippen LogP contribution in [-0.2, 0) is 6.42 Å². The number of nitrogens with zero attached hydrogens (tertiary/aromatic N) is 1. The van der Waals surface area contributed by atoms with Crippen LogP contribution < -0.4 is 5.32 Å². The van der Waals surface area contributed by atoms with E-state index in [0.29, 0.717) is 0 Å². The van der Waals surface area contributed by atoms with Gasteiger partial charge in [-0.3, -0.25) is 0 Å². The van der Waals surface area contributed by atoms with Gasteiger partial charge in [-0.05, 0) is 51.5 Å². The molecule has 0 radical (unpaired) electrons. The monoisotopic (exact) mass is 336 g/mol. The standard InChI is InChI=1S/C16H21BrN2O/c1-11-9-12(17)5-6-13(11)14-10-18-15(20-14)7-8-19-16(2,3)4/h5-6,9-10,19H,7-8H2,1-4H3. The molecule has 0 atom stereocenters. The van der Waals surface area contributed by atoms with E-state index in [9.17, 15) is 0 Å². The van der Waals surface area contributed by atoms with Crippen molar-refractivity contribution < 1.29 is 4.42 Å². The van der Waals surface area contributed by atoms with E-state index in [1.165, 1.54) is 5.56 Å². The minimum Gasteiger partial charge on any atom is -0.441 e. The van der Waals surface area contributed by atoms with E-state index >= 15 is 0 Å². The molecule has 0 aliphatic heterocycles. The molecule has 108 valence electrons. The molecule has 0 spiro atoms. The highest BCUT2D eigenvalue weighted by molar-refractivity contribution is 9.10. The molecule has 1 aromatic heterocycles. The molecular weight excluding hydrogens is 316 g/mol. The molecule has 0 bridgehead atoms. The van der Waals surface area contributed by atoms with E-state index in [2.05, 4.69) is 66.1 Å². The zero-order valence-electron chi connectivity index (χ0n) is 12.5. The van der Waals surface area contributed by atoms with E-state index < -0.39 is 0 Å². The summed E-state index contributed by atoms with van der Waals surface area (Å²) in [6, 6.07) is 6.15. The van der Waals surface area contributed by atoms with Crippen molar-refractivity contribution in [2.45, 2.75) is 39.7 Å². The lowest BCUT2D eigenvalue weighted by atomic mass is 10.1. The van der Waals surface area contributed by atoms with Crippen molar-refractivity contribution in [2.24, 2.45) is 0 Å². The van der Waals surface area contributed by atoms with Gasteiger partial charge in [-0.2, -0.15) is 0 Å². The van der Waals surface area contributed by atoms with Gasteiger partial charge in [0.05, 0.1) is 6.20 Å². The largest absolute Gasteiger partial charge is 0.441 e. The quantitative estimate of drug-likeness (QED) is 0.902. The van der Waals surface area contributed by atoms with Gasteiger partial charge in [0.15, 0.2) is 11.7 Å². The number of aryl methyl sites for hydroxylation is 1. The second-order valence-corrected chi connectivity index (χ2v) is 6.92. The van der Waals surface area contributed by atoms with Crippen molar-refractivity contribution in [1.29, 1.82) is 0 Å². The molecule has 1 N–H and O–H groups in total. The number of hydrogen-bond acceptors (Lipinski definition) is 3. The van der Waals surface area contributed by atoms with Gasteiger partial charge < -0.3 is 9.73 Å². The molecule has 0 fully saturated rings. The number of oxazole rings is 1. The molecule has 20 heavy (non-hydrogen) atoms. The Kier molecular flexibility index (Phi) is 4.66. The highest BCUT2D eigenvalue weighted by Crippen LogP contribution is 2.26. The fraction of sp³-hybridized carbons (Fsp3) is 0.438. The molecular formula is C16H21BrN2O. The number of benzene rings is 1. The molecule has 0 saturated carbocycles. The summed E-state index contributed by atoms with van der Waals surface area (Å²) in [6.07, 6.45) is 2.61. The predicted molar refractivity (Wildman–Crippen MR) is 85.8 cm³/mol. The fourth-order valence-electron chi connectivity index (χ4n) is 2.00. The SMILES string of the molecule is Cc1cc(Br)ccc1-c1cnc(CCNC(C)(C)C)o1. The number of aromatic nitrogens is 1. The van der Waals surface area contributed by atoms with Crippen LogP contribution in [0.15, 0.2) is 33.3 Å². The highest BCUT2D eigenvalue weighted by atomic mass is 79.9. The fourth-order valence-corrected chi connectivity index (χ4v) is 2.47. The van der Waals surface area contributed by atoms with E-state index in [1.807, 2.05) is 12.3 Å². The maximum absolute atomic E-state index is 5.84. The Morgan fingerprint density at radius 1 is 1.30 bits per heavy atom. The van der Waals surface area contributed by atoms with Crippen LogP contribution in [0.3, 0.4) is 0 Å². The summed E-state index contributed by atoms with van der Waals surface area (Å²) in [4.78, 5) is 4.36. The summed E-state index contributed by atoms with van der Waals surface area (Å²) in [7, 11) is 0.